The Hall–Kier alpha value is -1.17. The summed E-state index contributed by atoms with van der Waals surface area (Å²) in [6.07, 6.45) is 0. The Bertz CT molecular complexity index is 428. The Balaban J connectivity index is 2.41. The molecule has 0 amide bonds. The standard InChI is InChI=1S/C14H21FN2O2/c1-10(16-2)12-4-3-5-13(15)14(12)17-6-7-19-9-11(17)8-18/h3-5,10-11,16,18H,6-9H2,1-2H3. The highest BCUT2D eigenvalue weighted by molar-refractivity contribution is 5.57. The molecule has 1 saturated heterocycles. The average molecular weight is 268 g/mol. The maximum absolute atomic E-state index is 14.2. The van der Waals surface area contributed by atoms with Crippen LogP contribution in [0.5, 0.6) is 0 Å². The SMILES string of the molecule is CNC(C)c1cccc(F)c1N1CCOCC1CO. The molecule has 1 heterocycles. The van der Waals surface area contributed by atoms with Crippen LogP contribution in [0, 0.1) is 5.82 Å². The minimum atomic E-state index is -0.250. The van der Waals surface area contributed by atoms with Crippen LogP contribution in [-0.2, 0) is 4.74 Å². The molecule has 106 valence electrons. The lowest BCUT2D eigenvalue weighted by molar-refractivity contribution is 0.0722. The number of nitrogens with one attached hydrogen (secondary N) is 1. The second-order valence-electron chi connectivity index (χ2n) is 4.79. The molecule has 1 fully saturated rings. The van der Waals surface area contributed by atoms with E-state index >= 15 is 0 Å². The molecule has 4 nitrogen and oxygen atoms in total. The van der Waals surface area contributed by atoms with Crippen molar-refractivity contribution in [1.82, 2.24) is 5.32 Å². The van der Waals surface area contributed by atoms with E-state index in [4.69, 9.17) is 4.74 Å². The monoisotopic (exact) mass is 268 g/mol. The molecular weight excluding hydrogens is 247 g/mol. The van der Waals surface area contributed by atoms with Crippen LogP contribution in [-0.4, -0.2) is 44.6 Å². The summed E-state index contributed by atoms with van der Waals surface area (Å²) in [4.78, 5) is 1.92. The molecular formula is C14H21FN2O2. The van der Waals surface area contributed by atoms with Crippen molar-refractivity contribution in [3.8, 4) is 0 Å². The van der Waals surface area contributed by atoms with Crippen LogP contribution >= 0.6 is 0 Å². The van der Waals surface area contributed by atoms with Crippen LogP contribution in [0.15, 0.2) is 18.2 Å². The number of hydrogen-bond acceptors (Lipinski definition) is 4. The number of para-hydroxylation sites is 1. The van der Waals surface area contributed by atoms with Gasteiger partial charge in [-0.25, -0.2) is 4.39 Å². The number of nitrogens with zero attached hydrogens (tertiary/aromatic N) is 1. The lowest BCUT2D eigenvalue weighted by Crippen LogP contribution is -2.48. The number of ether oxygens (including phenoxy) is 1. The number of morpholine rings is 1. The highest BCUT2D eigenvalue weighted by Gasteiger charge is 2.27. The van der Waals surface area contributed by atoms with Gasteiger partial charge in [-0.05, 0) is 25.6 Å². The topological polar surface area (TPSA) is 44.7 Å². The first-order valence-electron chi connectivity index (χ1n) is 6.60. The fourth-order valence-corrected chi connectivity index (χ4v) is 2.44. The Labute approximate surface area is 113 Å². The van der Waals surface area contributed by atoms with Crippen molar-refractivity contribution in [2.75, 3.05) is 38.3 Å². The highest BCUT2D eigenvalue weighted by atomic mass is 19.1. The molecule has 1 aliphatic heterocycles. The number of aliphatic hydroxyl groups is 1. The van der Waals surface area contributed by atoms with Gasteiger partial charge in [0.25, 0.3) is 0 Å². The van der Waals surface area contributed by atoms with E-state index in [1.54, 1.807) is 6.07 Å². The van der Waals surface area contributed by atoms with Crippen LogP contribution in [0.1, 0.15) is 18.5 Å². The van der Waals surface area contributed by atoms with Crippen molar-refractivity contribution in [1.29, 1.82) is 0 Å². The zero-order chi connectivity index (χ0) is 13.8. The zero-order valence-corrected chi connectivity index (χ0v) is 11.4. The number of anilines is 1. The second-order valence-corrected chi connectivity index (χ2v) is 4.79. The van der Waals surface area contributed by atoms with Crippen molar-refractivity contribution in [2.45, 2.75) is 19.0 Å². The van der Waals surface area contributed by atoms with E-state index in [0.717, 1.165) is 5.56 Å². The molecule has 0 spiro atoms. The molecule has 0 saturated carbocycles. The third-order valence-corrected chi connectivity index (χ3v) is 3.64. The maximum atomic E-state index is 14.2. The maximum Gasteiger partial charge on any atom is 0.146 e. The van der Waals surface area contributed by atoms with Gasteiger partial charge >= 0.3 is 0 Å². The first kappa shape index (κ1) is 14.2. The van der Waals surface area contributed by atoms with Crippen LogP contribution in [0.25, 0.3) is 0 Å². The quantitative estimate of drug-likeness (QED) is 0.864. The third-order valence-electron chi connectivity index (χ3n) is 3.64. The summed E-state index contributed by atoms with van der Waals surface area (Å²) in [6, 6.07) is 4.96. The summed E-state index contributed by atoms with van der Waals surface area (Å²) in [5, 5.41) is 12.6. The predicted molar refractivity (Wildman–Crippen MR) is 72.9 cm³/mol. The summed E-state index contributed by atoms with van der Waals surface area (Å²) in [5.41, 5.74) is 1.48. The lowest BCUT2D eigenvalue weighted by Gasteiger charge is -2.38. The van der Waals surface area contributed by atoms with Crippen LogP contribution in [0.2, 0.25) is 0 Å². The number of halogens is 1. The minimum Gasteiger partial charge on any atom is -0.394 e. The molecule has 5 heteroatoms. The molecule has 2 unspecified atom stereocenters. The summed E-state index contributed by atoms with van der Waals surface area (Å²) >= 11 is 0. The van der Waals surface area contributed by atoms with Gasteiger partial charge in [-0.2, -0.15) is 0 Å². The first-order valence-corrected chi connectivity index (χ1v) is 6.60. The Morgan fingerprint density at radius 2 is 2.37 bits per heavy atom. The van der Waals surface area contributed by atoms with E-state index in [1.165, 1.54) is 6.07 Å². The number of aliphatic hydroxyl groups excluding tert-OH is 1. The van der Waals surface area contributed by atoms with E-state index in [9.17, 15) is 9.50 Å². The summed E-state index contributed by atoms with van der Waals surface area (Å²) < 4.78 is 19.6. The van der Waals surface area contributed by atoms with Gasteiger partial charge in [0.1, 0.15) is 5.82 Å². The summed E-state index contributed by atoms with van der Waals surface area (Å²) in [6.45, 7) is 3.53. The largest absolute Gasteiger partial charge is 0.394 e. The molecule has 2 rings (SSSR count). The normalized spacial score (nSPS) is 21.5. The zero-order valence-electron chi connectivity index (χ0n) is 11.4. The molecule has 0 aliphatic carbocycles. The van der Waals surface area contributed by atoms with Crippen molar-refractivity contribution in [3.05, 3.63) is 29.6 Å². The van der Waals surface area contributed by atoms with Crippen LogP contribution in [0.4, 0.5) is 10.1 Å². The Morgan fingerprint density at radius 3 is 3.05 bits per heavy atom. The van der Waals surface area contributed by atoms with Gasteiger partial charge in [0, 0.05) is 12.6 Å². The molecule has 1 aromatic carbocycles. The summed E-state index contributed by atoms with van der Waals surface area (Å²) in [7, 11) is 1.85. The highest BCUT2D eigenvalue weighted by Crippen LogP contribution is 2.31. The molecule has 1 aromatic rings. The molecule has 2 atom stereocenters. The number of benzene rings is 1. The minimum absolute atomic E-state index is 0.0400. The van der Waals surface area contributed by atoms with Gasteiger partial charge in [-0.1, -0.05) is 12.1 Å². The lowest BCUT2D eigenvalue weighted by atomic mass is 10.0. The predicted octanol–water partition coefficient (Wildman–Crippen LogP) is 1.30. The van der Waals surface area contributed by atoms with E-state index in [-0.39, 0.29) is 24.5 Å². The smallest absolute Gasteiger partial charge is 0.146 e. The number of hydrogen-bond donors (Lipinski definition) is 2. The van der Waals surface area contributed by atoms with Gasteiger partial charge in [-0.3, -0.25) is 0 Å². The Morgan fingerprint density at radius 1 is 1.58 bits per heavy atom. The summed E-state index contributed by atoms with van der Waals surface area (Å²) in [5.74, 6) is -0.250. The fraction of sp³-hybridized carbons (Fsp3) is 0.571. The molecule has 0 bridgehead atoms. The van der Waals surface area contributed by atoms with Crippen molar-refractivity contribution >= 4 is 5.69 Å². The third kappa shape index (κ3) is 2.88. The van der Waals surface area contributed by atoms with Crippen LogP contribution < -0.4 is 10.2 Å². The van der Waals surface area contributed by atoms with Crippen LogP contribution in [0.3, 0.4) is 0 Å². The van der Waals surface area contributed by atoms with E-state index in [2.05, 4.69) is 5.32 Å². The average Bonchev–Trinajstić information content (AvgIpc) is 2.46. The van der Waals surface area contributed by atoms with Gasteiger partial charge in [0.2, 0.25) is 0 Å². The first-order chi connectivity index (χ1) is 9.19. The van der Waals surface area contributed by atoms with E-state index in [0.29, 0.717) is 25.4 Å². The second kappa shape index (κ2) is 6.32. The van der Waals surface area contributed by atoms with Gasteiger partial charge in [0.15, 0.2) is 0 Å². The van der Waals surface area contributed by atoms with Crippen molar-refractivity contribution in [3.63, 3.8) is 0 Å². The number of rotatable bonds is 4. The van der Waals surface area contributed by atoms with Gasteiger partial charge in [0.05, 0.1) is 31.5 Å². The molecule has 0 radical (unpaired) electrons. The molecule has 0 aromatic heterocycles. The van der Waals surface area contributed by atoms with Gasteiger partial charge in [-0.15, -0.1) is 0 Å². The van der Waals surface area contributed by atoms with Gasteiger partial charge < -0.3 is 20.1 Å². The van der Waals surface area contributed by atoms with Crippen molar-refractivity contribution < 1.29 is 14.2 Å². The fourth-order valence-electron chi connectivity index (χ4n) is 2.44. The molecule has 2 N–H and O–H groups in total. The van der Waals surface area contributed by atoms with E-state index in [1.807, 2.05) is 24.9 Å². The van der Waals surface area contributed by atoms with Crippen molar-refractivity contribution in [2.24, 2.45) is 0 Å². The Kier molecular flexibility index (Phi) is 4.74. The van der Waals surface area contributed by atoms with E-state index < -0.39 is 0 Å². The molecule has 19 heavy (non-hydrogen) atoms. The molecule has 1 aliphatic rings.